The van der Waals surface area contributed by atoms with Gasteiger partial charge in [-0.25, -0.2) is 0 Å². The summed E-state index contributed by atoms with van der Waals surface area (Å²) < 4.78 is 5.89. The number of nitrogens with one attached hydrogen (secondary N) is 1. The molecule has 2 aromatic carbocycles. The number of unbranched alkanes of at least 4 members (excludes halogenated alkanes) is 3. The van der Waals surface area contributed by atoms with Crippen LogP contribution in [0.25, 0.3) is 0 Å². The van der Waals surface area contributed by atoms with Crippen molar-refractivity contribution in [2.45, 2.75) is 85.1 Å². The summed E-state index contributed by atoms with van der Waals surface area (Å²) in [5, 5.41) is 3.59. The van der Waals surface area contributed by atoms with Crippen molar-refractivity contribution in [2.75, 3.05) is 16.8 Å². The van der Waals surface area contributed by atoms with Gasteiger partial charge in [0, 0.05) is 24.1 Å². The van der Waals surface area contributed by atoms with Crippen molar-refractivity contribution in [1.29, 1.82) is 0 Å². The highest BCUT2D eigenvalue weighted by molar-refractivity contribution is 6.06. The van der Waals surface area contributed by atoms with Gasteiger partial charge in [-0.2, -0.15) is 0 Å². The lowest BCUT2D eigenvalue weighted by Crippen LogP contribution is -2.39. The fourth-order valence-corrected chi connectivity index (χ4v) is 5.31. The summed E-state index contributed by atoms with van der Waals surface area (Å²) in [7, 11) is 0. The van der Waals surface area contributed by atoms with Crippen LogP contribution in [0.3, 0.4) is 0 Å². The first kappa shape index (κ1) is 26.0. The van der Waals surface area contributed by atoms with E-state index in [1.807, 2.05) is 53.4 Å². The van der Waals surface area contributed by atoms with Crippen molar-refractivity contribution in [3.05, 3.63) is 65.4 Å². The monoisotopic (exact) mass is 488 g/mol. The molecule has 1 aliphatic carbocycles. The number of hydrogen-bond donors (Lipinski definition) is 1. The van der Waals surface area contributed by atoms with E-state index in [1.165, 1.54) is 0 Å². The Labute approximate surface area is 215 Å². The van der Waals surface area contributed by atoms with E-state index in [9.17, 15) is 9.59 Å². The van der Waals surface area contributed by atoms with Crippen molar-refractivity contribution in [3.63, 3.8) is 0 Å². The number of benzene rings is 2. The molecule has 5 heteroatoms. The topological polar surface area (TPSA) is 58.6 Å². The lowest BCUT2D eigenvalue weighted by atomic mass is 9.73. The zero-order valence-corrected chi connectivity index (χ0v) is 22.2. The number of rotatable bonds is 9. The standard InChI is InChI=1S/C31H40N2O3/c1-5-7-9-14-28(35)33-26-13-11-10-12-24(26)32-25-20-31(3,4)21-27(34)29(25)30(33)22-15-17-23(18-16-22)36-19-8-6-2/h10-13,15-18,30,32H,5-9,14,19-21H2,1-4H3/t30-/m0/s1. The first-order chi connectivity index (χ1) is 17.3. The number of fused-ring (bicyclic) bond motifs is 1. The van der Waals surface area contributed by atoms with Gasteiger partial charge in [-0.1, -0.05) is 71.2 Å². The van der Waals surface area contributed by atoms with E-state index in [0.717, 1.165) is 66.9 Å². The zero-order valence-electron chi connectivity index (χ0n) is 22.2. The van der Waals surface area contributed by atoms with Crippen molar-refractivity contribution in [3.8, 4) is 5.75 Å². The summed E-state index contributed by atoms with van der Waals surface area (Å²) in [6.45, 7) is 9.24. The van der Waals surface area contributed by atoms with Gasteiger partial charge in [-0.15, -0.1) is 0 Å². The van der Waals surface area contributed by atoms with Crippen LogP contribution in [0.1, 0.15) is 90.7 Å². The minimum absolute atomic E-state index is 0.0531. The van der Waals surface area contributed by atoms with Crippen LogP contribution in [0.2, 0.25) is 0 Å². The number of Topliss-reactive ketones (excluding diaryl/α,β-unsaturated/α-hetero) is 1. The predicted molar refractivity (Wildman–Crippen MR) is 146 cm³/mol. The van der Waals surface area contributed by atoms with E-state index in [1.54, 1.807) is 0 Å². The lowest BCUT2D eigenvalue weighted by Gasteiger charge is -2.37. The number of nitrogens with zero attached hydrogens (tertiary/aromatic N) is 1. The average molecular weight is 489 g/mol. The fourth-order valence-electron chi connectivity index (χ4n) is 5.31. The van der Waals surface area contributed by atoms with Crippen LogP contribution in [0.5, 0.6) is 5.75 Å². The second kappa shape index (κ2) is 11.3. The number of carbonyl (C=O) groups excluding carboxylic acids is 2. The summed E-state index contributed by atoms with van der Waals surface area (Å²) in [4.78, 5) is 29.5. The molecule has 0 radical (unpaired) electrons. The van der Waals surface area contributed by atoms with Gasteiger partial charge >= 0.3 is 0 Å². The van der Waals surface area contributed by atoms with Crippen molar-refractivity contribution < 1.29 is 14.3 Å². The van der Waals surface area contributed by atoms with Crippen LogP contribution in [0, 0.1) is 5.41 Å². The van der Waals surface area contributed by atoms with Crippen LogP contribution in [0.15, 0.2) is 59.8 Å². The van der Waals surface area contributed by atoms with Crippen molar-refractivity contribution >= 4 is 23.1 Å². The Bertz CT molecular complexity index is 1120. The minimum atomic E-state index is -0.474. The van der Waals surface area contributed by atoms with Crippen LogP contribution in [0.4, 0.5) is 11.4 Å². The molecule has 1 N–H and O–H groups in total. The number of ether oxygens (including phenoxy) is 1. The third-order valence-electron chi connectivity index (χ3n) is 7.13. The second-order valence-corrected chi connectivity index (χ2v) is 10.9. The van der Waals surface area contributed by atoms with E-state index < -0.39 is 6.04 Å². The summed E-state index contributed by atoms with van der Waals surface area (Å²) in [5.41, 5.74) is 4.14. The molecule has 0 saturated heterocycles. The summed E-state index contributed by atoms with van der Waals surface area (Å²) >= 11 is 0. The van der Waals surface area contributed by atoms with Gasteiger partial charge in [0.1, 0.15) is 5.75 Å². The third-order valence-corrected chi connectivity index (χ3v) is 7.13. The Morgan fingerprint density at radius 2 is 1.72 bits per heavy atom. The van der Waals surface area contributed by atoms with Crippen LogP contribution >= 0.6 is 0 Å². The summed E-state index contributed by atoms with van der Waals surface area (Å²) in [6, 6.07) is 15.4. The van der Waals surface area contributed by atoms with E-state index in [4.69, 9.17) is 4.74 Å². The molecule has 0 unspecified atom stereocenters. The number of ketones is 1. The molecule has 1 heterocycles. The molecule has 2 aromatic rings. The molecule has 192 valence electrons. The second-order valence-electron chi connectivity index (χ2n) is 10.9. The van der Waals surface area contributed by atoms with Crippen molar-refractivity contribution in [2.24, 2.45) is 5.41 Å². The van der Waals surface area contributed by atoms with Gasteiger partial charge in [0.25, 0.3) is 0 Å². The fraction of sp³-hybridized carbons (Fsp3) is 0.484. The molecule has 0 spiro atoms. The summed E-state index contributed by atoms with van der Waals surface area (Å²) in [5.74, 6) is 0.976. The zero-order chi connectivity index (χ0) is 25.7. The molecule has 0 aromatic heterocycles. The molecule has 0 fully saturated rings. The SMILES string of the molecule is CCCCCC(=O)N1c2ccccc2NC2=C(C(=O)CC(C)(C)C2)[C@@H]1c1ccc(OCCCC)cc1. The van der Waals surface area contributed by atoms with Gasteiger partial charge in [0.05, 0.1) is 24.0 Å². The molecule has 2 aliphatic rings. The Hall–Kier alpha value is -3.08. The normalized spacial score (nSPS) is 18.7. The highest BCUT2D eigenvalue weighted by Crippen LogP contribution is 2.48. The number of hydrogen-bond acceptors (Lipinski definition) is 4. The molecule has 1 atom stereocenters. The number of amides is 1. The maximum Gasteiger partial charge on any atom is 0.227 e. The van der Waals surface area contributed by atoms with Gasteiger partial charge in [0.2, 0.25) is 5.91 Å². The largest absolute Gasteiger partial charge is 0.494 e. The quantitative estimate of drug-likeness (QED) is 0.369. The molecule has 1 amide bonds. The highest BCUT2D eigenvalue weighted by atomic mass is 16.5. The van der Waals surface area contributed by atoms with E-state index >= 15 is 0 Å². The first-order valence-electron chi connectivity index (χ1n) is 13.5. The maximum atomic E-state index is 13.9. The Balaban J connectivity index is 1.83. The van der Waals surface area contributed by atoms with Crippen LogP contribution < -0.4 is 15.0 Å². The molecular weight excluding hydrogens is 448 g/mol. The molecule has 5 nitrogen and oxygen atoms in total. The molecule has 0 bridgehead atoms. The lowest BCUT2D eigenvalue weighted by molar-refractivity contribution is -0.119. The molecule has 4 rings (SSSR count). The van der Waals surface area contributed by atoms with Crippen LogP contribution in [-0.4, -0.2) is 18.3 Å². The Morgan fingerprint density at radius 1 is 1.00 bits per heavy atom. The average Bonchev–Trinajstić information content (AvgIpc) is 2.98. The summed E-state index contributed by atoms with van der Waals surface area (Å²) in [6.07, 6.45) is 6.67. The van der Waals surface area contributed by atoms with Gasteiger partial charge in [-0.05, 0) is 54.5 Å². The Morgan fingerprint density at radius 3 is 2.44 bits per heavy atom. The van der Waals surface area contributed by atoms with E-state index in [2.05, 4.69) is 33.0 Å². The third kappa shape index (κ3) is 5.66. The smallest absolute Gasteiger partial charge is 0.227 e. The number of allylic oxidation sites excluding steroid dienone is 1. The van der Waals surface area contributed by atoms with Crippen molar-refractivity contribution in [1.82, 2.24) is 0 Å². The first-order valence-corrected chi connectivity index (χ1v) is 13.5. The molecule has 0 saturated carbocycles. The van der Waals surface area contributed by atoms with E-state index in [0.29, 0.717) is 25.0 Å². The number of carbonyl (C=O) groups is 2. The highest BCUT2D eigenvalue weighted by Gasteiger charge is 2.43. The predicted octanol–water partition coefficient (Wildman–Crippen LogP) is 7.59. The van der Waals surface area contributed by atoms with Crippen LogP contribution in [-0.2, 0) is 9.59 Å². The van der Waals surface area contributed by atoms with Gasteiger partial charge in [-0.3, -0.25) is 14.5 Å². The van der Waals surface area contributed by atoms with Gasteiger partial charge < -0.3 is 10.1 Å². The van der Waals surface area contributed by atoms with E-state index in [-0.39, 0.29) is 17.1 Å². The molecule has 1 aliphatic heterocycles. The molecule has 36 heavy (non-hydrogen) atoms. The number of para-hydroxylation sites is 2. The Kier molecular flexibility index (Phi) is 8.17. The maximum absolute atomic E-state index is 13.9. The van der Waals surface area contributed by atoms with Gasteiger partial charge in [0.15, 0.2) is 5.78 Å². The molecular formula is C31H40N2O3. The number of anilines is 2. The minimum Gasteiger partial charge on any atom is -0.494 e.